The molecular formula is C20H18F4N2O4. The van der Waals surface area contributed by atoms with Gasteiger partial charge in [-0.25, -0.2) is 17.6 Å². The summed E-state index contributed by atoms with van der Waals surface area (Å²) in [5.74, 6) is -0.840. The summed E-state index contributed by atoms with van der Waals surface area (Å²) in [5.41, 5.74) is -1.65. The summed E-state index contributed by atoms with van der Waals surface area (Å²) in [5, 5.41) is 13.2. The first-order chi connectivity index (χ1) is 14.3. The van der Waals surface area contributed by atoms with Gasteiger partial charge in [0.25, 0.3) is 12.9 Å². The van der Waals surface area contributed by atoms with Gasteiger partial charge in [-0.2, -0.15) is 10.1 Å². The highest BCUT2D eigenvalue weighted by Gasteiger charge is 2.54. The molecule has 0 saturated heterocycles. The zero-order valence-electron chi connectivity index (χ0n) is 15.7. The third-order valence-corrected chi connectivity index (χ3v) is 5.15. The Labute approximate surface area is 168 Å². The summed E-state index contributed by atoms with van der Waals surface area (Å²) >= 11 is 0. The van der Waals surface area contributed by atoms with Gasteiger partial charge in [-0.1, -0.05) is 6.07 Å². The minimum absolute atomic E-state index is 0.0310. The number of rotatable bonds is 6. The van der Waals surface area contributed by atoms with Gasteiger partial charge in [-0.3, -0.25) is 4.79 Å². The maximum absolute atomic E-state index is 13.3. The first kappa shape index (κ1) is 20.4. The highest BCUT2D eigenvalue weighted by Crippen LogP contribution is 2.34. The number of hydrogen-bond acceptors (Lipinski definition) is 5. The molecule has 10 heteroatoms. The number of nitrogens with zero attached hydrogens (tertiary/aromatic N) is 2. The molecule has 0 radical (unpaired) electrons. The van der Waals surface area contributed by atoms with E-state index in [1.54, 1.807) is 0 Å². The molecule has 0 fully saturated rings. The molecule has 4 rings (SSSR count). The van der Waals surface area contributed by atoms with E-state index in [0.717, 1.165) is 19.3 Å². The number of alkyl halides is 4. The Hall–Kier alpha value is -2.88. The molecule has 1 aliphatic carbocycles. The summed E-state index contributed by atoms with van der Waals surface area (Å²) < 4.78 is 63.3. The lowest BCUT2D eigenvalue weighted by Gasteiger charge is -2.29. The van der Waals surface area contributed by atoms with Crippen LogP contribution < -0.4 is 4.74 Å². The third-order valence-electron chi connectivity index (χ3n) is 5.15. The van der Waals surface area contributed by atoms with Crippen LogP contribution >= 0.6 is 0 Å². The molecule has 160 valence electrons. The van der Waals surface area contributed by atoms with Gasteiger partial charge < -0.3 is 14.3 Å². The number of carbonyl (C=O) groups excluding carboxylic acids is 1. The Morgan fingerprint density at radius 3 is 2.70 bits per heavy atom. The molecule has 1 aromatic heterocycles. The quantitative estimate of drug-likeness (QED) is 0.714. The number of amides is 1. The molecular weight excluding hydrogens is 408 g/mol. The van der Waals surface area contributed by atoms with Crippen molar-refractivity contribution in [2.24, 2.45) is 5.10 Å². The SMILES string of the molecule is O=C(c1ccc(COc2ccc3c(c2)CCC3)o1)N1N=C(C(F)F)CC1(O)C(F)F. The number of furan rings is 1. The van der Waals surface area contributed by atoms with E-state index in [0.29, 0.717) is 5.75 Å². The predicted octanol–water partition coefficient (Wildman–Crippen LogP) is 3.77. The number of aliphatic hydroxyl groups is 1. The molecule has 2 aliphatic rings. The minimum atomic E-state index is -3.50. The van der Waals surface area contributed by atoms with E-state index in [1.807, 2.05) is 18.2 Å². The lowest BCUT2D eigenvalue weighted by Crippen LogP contribution is -2.51. The Balaban J connectivity index is 1.47. The van der Waals surface area contributed by atoms with E-state index in [-0.39, 0.29) is 17.4 Å². The lowest BCUT2D eigenvalue weighted by atomic mass is 10.1. The largest absolute Gasteiger partial charge is 0.486 e. The fourth-order valence-electron chi connectivity index (χ4n) is 3.57. The average molecular weight is 426 g/mol. The van der Waals surface area contributed by atoms with Gasteiger partial charge >= 0.3 is 5.91 Å². The maximum Gasteiger partial charge on any atom is 0.312 e. The number of aryl methyl sites for hydroxylation is 2. The third kappa shape index (κ3) is 3.67. The number of hydrazone groups is 1. The fourth-order valence-corrected chi connectivity index (χ4v) is 3.57. The molecule has 1 aliphatic heterocycles. The minimum Gasteiger partial charge on any atom is -0.486 e. The normalized spacial score (nSPS) is 20.8. The van der Waals surface area contributed by atoms with Crippen LogP contribution in [-0.4, -0.2) is 40.3 Å². The van der Waals surface area contributed by atoms with Crippen molar-refractivity contribution in [2.75, 3.05) is 0 Å². The summed E-state index contributed by atoms with van der Waals surface area (Å²) in [6.45, 7) is -0.0310. The van der Waals surface area contributed by atoms with E-state index >= 15 is 0 Å². The van der Waals surface area contributed by atoms with E-state index in [9.17, 15) is 27.5 Å². The van der Waals surface area contributed by atoms with Gasteiger partial charge in [0.15, 0.2) is 5.76 Å². The summed E-state index contributed by atoms with van der Waals surface area (Å²) in [6.07, 6.45) is -4.71. The molecule has 1 atom stereocenters. The lowest BCUT2D eigenvalue weighted by molar-refractivity contribution is -0.164. The van der Waals surface area contributed by atoms with Crippen molar-refractivity contribution in [3.63, 3.8) is 0 Å². The molecule has 0 bridgehead atoms. The van der Waals surface area contributed by atoms with E-state index in [2.05, 4.69) is 5.10 Å². The average Bonchev–Trinajstić information content (AvgIpc) is 3.44. The summed E-state index contributed by atoms with van der Waals surface area (Å²) in [6, 6.07) is 8.34. The molecule has 0 saturated carbocycles. The van der Waals surface area contributed by atoms with Gasteiger partial charge in [0.2, 0.25) is 5.72 Å². The summed E-state index contributed by atoms with van der Waals surface area (Å²) in [4.78, 5) is 12.5. The molecule has 1 N–H and O–H groups in total. The first-order valence-corrected chi connectivity index (χ1v) is 9.32. The summed E-state index contributed by atoms with van der Waals surface area (Å²) in [7, 11) is 0. The molecule has 1 amide bonds. The van der Waals surface area contributed by atoms with Crippen LogP contribution in [0.2, 0.25) is 0 Å². The van der Waals surface area contributed by atoms with Crippen LogP contribution in [0.25, 0.3) is 0 Å². The number of benzene rings is 1. The fraction of sp³-hybridized carbons (Fsp3) is 0.400. The van der Waals surface area contributed by atoms with Crippen molar-refractivity contribution in [2.45, 2.75) is 50.9 Å². The topological polar surface area (TPSA) is 75.3 Å². The van der Waals surface area contributed by atoms with Crippen LogP contribution in [0.4, 0.5) is 17.6 Å². The maximum atomic E-state index is 13.3. The molecule has 1 aromatic carbocycles. The molecule has 2 aromatic rings. The van der Waals surface area contributed by atoms with Crippen molar-refractivity contribution in [1.82, 2.24) is 5.01 Å². The van der Waals surface area contributed by atoms with Crippen molar-refractivity contribution >= 4 is 11.6 Å². The second-order valence-corrected chi connectivity index (χ2v) is 7.20. The van der Waals surface area contributed by atoms with Crippen LogP contribution in [0.5, 0.6) is 5.75 Å². The second kappa shape index (κ2) is 7.75. The predicted molar refractivity (Wildman–Crippen MR) is 96.7 cm³/mol. The van der Waals surface area contributed by atoms with Crippen molar-refractivity contribution in [3.8, 4) is 5.75 Å². The van der Waals surface area contributed by atoms with Crippen LogP contribution in [0.1, 0.15) is 40.3 Å². The van der Waals surface area contributed by atoms with Crippen LogP contribution in [0.15, 0.2) is 39.9 Å². The van der Waals surface area contributed by atoms with Gasteiger partial charge in [-0.15, -0.1) is 0 Å². The van der Waals surface area contributed by atoms with E-state index < -0.39 is 42.4 Å². The number of halogens is 4. The highest BCUT2D eigenvalue weighted by atomic mass is 19.3. The van der Waals surface area contributed by atoms with Gasteiger partial charge in [0.1, 0.15) is 23.8 Å². The Morgan fingerprint density at radius 1 is 1.20 bits per heavy atom. The Kier molecular flexibility index (Phi) is 5.27. The van der Waals surface area contributed by atoms with Crippen LogP contribution in [0.3, 0.4) is 0 Å². The van der Waals surface area contributed by atoms with Crippen LogP contribution in [0, 0.1) is 0 Å². The molecule has 6 nitrogen and oxygen atoms in total. The van der Waals surface area contributed by atoms with E-state index in [4.69, 9.17) is 9.15 Å². The number of fused-ring (bicyclic) bond motifs is 1. The highest BCUT2D eigenvalue weighted by molar-refractivity contribution is 5.97. The standard InChI is InChI=1S/C20H18F4N2O4/c21-17(22)15-9-20(28,19(23)24)26(25-15)18(27)16-7-6-14(30-16)10-29-13-5-4-11-2-1-3-12(11)8-13/h4-8,17,19,28H,1-3,9-10H2. The van der Waals surface area contributed by atoms with Gasteiger partial charge in [0.05, 0.1) is 0 Å². The number of carbonyl (C=O) groups is 1. The van der Waals surface area contributed by atoms with Gasteiger partial charge in [-0.05, 0) is 54.7 Å². The zero-order chi connectivity index (χ0) is 21.5. The second-order valence-electron chi connectivity index (χ2n) is 7.20. The number of ether oxygens (including phenoxy) is 1. The number of hydrogen-bond donors (Lipinski definition) is 1. The van der Waals surface area contributed by atoms with Crippen molar-refractivity contribution in [3.05, 3.63) is 53.0 Å². The van der Waals surface area contributed by atoms with Crippen molar-refractivity contribution in [1.29, 1.82) is 0 Å². The first-order valence-electron chi connectivity index (χ1n) is 9.32. The molecule has 1 unspecified atom stereocenters. The smallest absolute Gasteiger partial charge is 0.312 e. The Bertz CT molecular complexity index is 991. The van der Waals surface area contributed by atoms with Gasteiger partial charge in [0, 0.05) is 6.42 Å². The monoisotopic (exact) mass is 426 g/mol. The molecule has 2 heterocycles. The molecule has 0 spiro atoms. The Morgan fingerprint density at radius 2 is 1.97 bits per heavy atom. The zero-order valence-corrected chi connectivity index (χ0v) is 15.7. The van der Waals surface area contributed by atoms with Crippen molar-refractivity contribution < 1.29 is 36.6 Å². The molecule has 30 heavy (non-hydrogen) atoms. The van der Waals surface area contributed by atoms with E-state index in [1.165, 1.54) is 23.3 Å². The van der Waals surface area contributed by atoms with Crippen LogP contribution in [-0.2, 0) is 19.4 Å².